The van der Waals surface area contributed by atoms with E-state index < -0.39 is 0 Å². The number of nitriles is 1. The third kappa shape index (κ3) is 8.83. The van der Waals surface area contributed by atoms with E-state index in [4.69, 9.17) is 21.1 Å². The highest BCUT2D eigenvalue weighted by atomic mass is 79.9. The van der Waals surface area contributed by atoms with Crippen LogP contribution < -0.4 is 9.47 Å². The maximum Gasteiger partial charge on any atom is 0.142 e. The van der Waals surface area contributed by atoms with Crippen LogP contribution in [0.1, 0.15) is 46.2 Å². The van der Waals surface area contributed by atoms with E-state index in [1.807, 2.05) is 12.1 Å². The molecule has 0 saturated heterocycles. The number of unbranched alkanes of at least 4 members (excludes halogenated alkanes) is 1. The average Bonchev–Trinajstić information content (AvgIpc) is 3.08. The number of halogens is 2. The highest BCUT2D eigenvalue weighted by molar-refractivity contribution is 9.10. The van der Waals surface area contributed by atoms with E-state index in [-0.39, 0.29) is 13.2 Å². The molecule has 5 rings (SSSR count). The predicted molar refractivity (Wildman–Crippen MR) is 196 cm³/mol. The van der Waals surface area contributed by atoms with Gasteiger partial charge in [-0.1, -0.05) is 72.3 Å². The number of rotatable bonds is 14. The molecule has 0 bridgehead atoms. The normalized spacial score (nSPS) is 11.0. The van der Waals surface area contributed by atoms with Crippen LogP contribution >= 0.6 is 27.5 Å². The number of pyridine rings is 1. The summed E-state index contributed by atoms with van der Waals surface area (Å²) in [6.45, 7) is 3.71. The summed E-state index contributed by atoms with van der Waals surface area (Å²) < 4.78 is 13.6. The smallest absolute Gasteiger partial charge is 0.142 e. The van der Waals surface area contributed by atoms with Gasteiger partial charge < -0.3 is 19.5 Å². The minimum absolute atomic E-state index is 0.126. The van der Waals surface area contributed by atoms with Crippen LogP contribution in [-0.2, 0) is 26.2 Å². The lowest BCUT2D eigenvalue weighted by molar-refractivity contribution is 0.280. The monoisotopic (exact) mass is 723 g/mol. The Morgan fingerprint density at radius 1 is 0.833 bits per heavy atom. The van der Waals surface area contributed by atoms with Crippen LogP contribution in [0.2, 0.25) is 5.02 Å². The molecular formula is C40H39BrClN3O3. The summed E-state index contributed by atoms with van der Waals surface area (Å²) in [6, 6.07) is 29.0. The summed E-state index contributed by atoms with van der Waals surface area (Å²) in [4.78, 5) is 6.30. The number of nitrogens with zero attached hydrogens (tertiary/aromatic N) is 3. The molecule has 0 aliphatic carbocycles. The predicted octanol–water partition coefficient (Wildman–Crippen LogP) is 9.55. The first-order valence-electron chi connectivity index (χ1n) is 15.9. The first kappa shape index (κ1) is 35.1. The summed E-state index contributed by atoms with van der Waals surface area (Å²) in [5.41, 5.74) is 10.2. The maximum absolute atomic E-state index is 9.31. The number of benzene rings is 4. The molecule has 8 heteroatoms. The van der Waals surface area contributed by atoms with Crippen molar-refractivity contribution in [2.75, 3.05) is 20.7 Å². The van der Waals surface area contributed by atoms with Crippen molar-refractivity contribution in [3.63, 3.8) is 0 Å². The van der Waals surface area contributed by atoms with Crippen LogP contribution in [0, 0.1) is 18.3 Å². The lowest BCUT2D eigenvalue weighted by Crippen LogP contribution is -2.10. The molecule has 1 aromatic heterocycles. The van der Waals surface area contributed by atoms with Crippen molar-refractivity contribution in [1.82, 2.24) is 9.88 Å². The number of aromatic nitrogens is 1. The third-order valence-corrected chi connectivity index (χ3v) is 9.32. The molecule has 246 valence electrons. The van der Waals surface area contributed by atoms with Crippen LogP contribution in [0.5, 0.6) is 11.5 Å². The van der Waals surface area contributed by atoms with E-state index in [1.54, 1.807) is 12.3 Å². The molecule has 1 N–H and O–H groups in total. The van der Waals surface area contributed by atoms with Crippen LogP contribution in [0.3, 0.4) is 0 Å². The summed E-state index contributed by atoms with van der Waals surface area (Å²) in [7, 11) is 4.15. The van der Waals surface area contributed by atoms with E-state index in [9.17, 15) is 10.4 Å². The molecule has 0 saturated carbocycles. The standard InChI is InChI=1S/C40H39BrClN3O3/c1-27-33(9-6-10-34(27)36-12-7-11-35(40(36)41)31-15-13-28(14-16-31)24-45(2)3)26-48-39-20-38(32(19-37(39)42)8-4-5-17-46)47-25-30-18-29(21-43)22-44-23-30/h6-7,9-16,18-20,22-23,46H,4-5,8,17,24-26H2,1-3H3. The Labute approximate surface area is 296 Å². The molecule has 0 fully saturated rings. The third-order valence-electron chi connectivity index (χ3n) is 8.17. The lowest BCUT2D eigenvalue weighted by atomic mass is 9.94. The van der Waals surface area contributed by atoms with Crippen LogP contribution in [0.15, 0.2) is 95.7 Å². The van der Waals surface area contributed by atoms with Gasteiger partial charge in [0.05, 0.1) is 10.6 Å². The summed E-state index contributed by atoms with van der Waals surface area (Å²) in [6.07, 6.45) is 5.38. The van der Waals surface area contributed by atoms with Gasteiger partial charge in [-0.3, -0.25) is 4.98 Å². The van der Waals surface area contributed by atoms with Gasteiger partial charge in [0.1, 0.15) is 30.8 Å². The number of hydrogen-bond acceptors (Lipinski definition) is 6. The lowest BCUT2D eigenvalue weighted by Gasteiger charge is -2.18. The molecule has 0 radical (unpaired) electrons. The number of ether oxygens (including phenoxy) is 2. The second kappa shape index (κ2) is 16.8. The quantitative estimate of drug-likeness (QED) is 0.115. The van der Waals surface area contributed by atoms with Gasteiger partial charge in [-0.15, -0.1) is 0 Å². The molecule has 0 unspecified atom stereocenters. The number of aliphatic hydroxyl groups excluding tert-OH is 1. The van der Waals surface area contributed by atoms with Crippen LogP contribution in [-0.4, -0.2) is 35.7 Å². The molecule has 0 aliphatic rings. The Hall–Kier alpha value is -4.19. The SMILES string of the molecule is Cc1c(COc2cc(OCc3cncc(C#N)c3)c(CCCCO)cc2Cl)cccc1-c1cccc(-c2ccc(CN(C)C)cc2)c1Br. The van der Waals surface area contributed by atoms with E-state index in [1.165, 1.54) is 11.8 Å². The van der Waals surface area contributed by atoms with E-state index >= 15 is 0 Å². The molecule has 4 aromatic carbocycles. The number of hydrogen-bond donors (Lipinski definition) is 1. The van der Waals surface area contributed by atoms with Gasteiger partial charge in [-0.25, -0.2) is 0 Å². The van der Waals surface area contributed by atoms with E-state index in [2.05, 4.69) is 114 Å². The number of aliphatic hydroxyl groups is 1. The minimum Gasteiger partial charge on any atom is -0.488 e. The topological polar surface area (TPSA) is 78.6 Å². The molecule has 6 nitrogen and oxygen atoms in total. The van der Waals surface area contributed by atoms with E-state index in [0.717, 1.165) is 61.9 Å². The fraction of sp³-hybridized carbons (Fsp3) is 0.250. The average molecular weight is 725 g/mol. The highest BCUT2D eigenvalue weighted by Gasteiger charge is 2.16. The van der Waals surface area contributed by atoms with Crippen molar-refractivity contribution in [2.45, 2.75) is 45.9 Å². The van der Waals surface area contributed by atoms with Gasteiger partial charge in [-0.2, -0.15) is 5.26 Å². The molecule has 0 spiro atoms. The first-order chi connectivity index (χ1) is 23.3. The Balaban J connectivity index is 1.37. The molecule has 48 heavy (non-hydrogen) atoms. The Kier molecular flexibility index (Phi) is 12.3. The molecular weight excluding hydrogens is 686 g/mol. The molecule has 0 atom stereocenters. The first-order valence-corrected chi connectivity index (χ1v) is 17.1. The van der Waals surface area contributed by atoms with Crippen molar-refractivity contribution in [2.24, 2.45) is 0 Å². The summed E-state index contributed by atoms with van der Waals surface area (Å²) in [5, 5.41) is 19.1. The van der Waals surface area contributed by atoms with Gasteiger partial charge in [0, 0.05) is 41.6 Å². The van der Waals surface area contributed by atoms with Gasteiger partial charge in [0.15, 0.2) is 0 Å². The summed E-state index contributed by atoms with van der Waals surface area (Å²) >= 11 is 10.7. The van der Waals surface area contributed by atoms with Gasteiger partial charge in [0.25, 0.3) is 0 Å². The largest absolute Gasteiger partial charge is 0.488 e. The summed E-state index contributed by atoms with van der Waals surface area (Å²) in [5.74, 6) is 1.17. The Morgan fingerprint density at radius 3 is 2.31 bits per heavy atom. The zero-order chi connectivity index (χ0) is 34.0. The zero-order valence-corrected chi connectivity index (χ0v) is 29.8. The molecule has 0 aliphatic heterocycles. The fourth-order valence-electron chi connectivity index (χ4n) is 5.64. The van der Waals surface area contributed by atoms with Crippen molar-refractivity contribution < 1.29 is 14.6 Å². The maximum atomic E-state index is 9.31. The van der Waals surface area contributed by atoms with Gasteiger partial charge >= 0.3 is 0 Å². The van der Waals surface area contributed by atoms with Crippen LogP contribution in [0.4, 0.5) is 0 Å². The van der Waals surface area contributed by atoms with Crippen LogP contribution in [0.25, 0.3) is 22.3 Å². The zero-order valence-electron chi connectivity index (χ0n) is 27.5. The van der Waals surface area contributed by atoms with Crippen molar-refractivity contribution in [1.29, 1.82) is 5.26 Å². The molecule has 5 aromatic rings. The second-order valence-corrected chi connectivity index (χ2v) is 13.2. The van der Waals surface area contributed by atoms with Crippen molar-refractivity contribution in [3.05, 3.63) is 134 Å². The molecule has 1 heterocycles. The fourth-order valence-corrected chi connectivity index (χ4v) is 6.58. The van der Waals surface area contributed by atoms with E-state index in [0.29, 0.717) is 41.5 Å². The van der Waals surface area contributed by atoms with Crippen molar-refractivity contribution >= 4 is 27.5 Å². The molecule has 0 amide bonds. The van der Waals surface area contributed by atoms with Crippen molar-refractivity contribution in [3.8, 4) is 39.8 Å². The highest BCUT2D eigenvalue weighted by Crippen LogP contribution is 2.39. The Bertz CT molecular complexity index is 1900. The van der Waals surface area contributed by atoms with Gasteiger partial charge in [0.2, 0.25) is 0 Å². The number of aryl methyl sites for hydroxylation is 1. The minimum atomic E-state index is 0.126. The van der Waals surface area contributed by atoms with Gasteiger partial charge in [-0.05, 0) is 113 Å². The Morgan fingerprint density at radius 2 is 1.56 bits per heavy atom. The second-order valence-electron chi connectivity index (χ2n) is 12.0.